The van der Waals surface area contributed by atoms with Gasteiger partial charge in [-0.3, -0.25) is 4.98 Å². The van der Waals surface area contributed by atoms with Crippen LogP contribution in [0.2, 0.25) is 0 Å². The second-order valence-corrected chi connectivity index (χ2v) is 3.33. The van der Waals surface area contributed by atoms with E-state index >= 15 is 0 Å². The number of hydrogen-bond donors (Lipinski definition) is 1. The first-order chi connectivity index (χ1) is 7.80. The Kier molecular flexibility index (Phi) is 2.81. The van der Waals surface area contributed by atoms with Crippen LogP contribution in [0, 0.1) is 0 Å². The Hall–Kier alpha value is -1.97. The SMILES string of the molecule is CNc1ccnc2cc(OC)c(OC)cc12. The van der Waals surface area contributed by atoms with Crippen LogP contribution < -0.4 is 14.8 Å². The minimum absolute atomic E-state index is 0.691. The zero-order chi connectivity index (χ0) is 11.5. The number of nitrogens with one attached hydrogen (secondary N) is 1. The highest BCUT2D eigenvalue weighted by Gasteiger charge is 2.08. The molecule has 84 valence electrons. The van der Waals surface area contributed by atoms with Crippen LogP contribution in [0.5, 0.6) is 11.5 Å². The second kappa shape index (κ2) is 4.26. The van der Waals surface area contributed by atoms with Crippen molar-refractivity contribution in [2.75, 3.05) is 26.6 Å². The van der Waals surface area contributed by atoms with Gasteiger partial charge in [0.1, 0.15) is 0 Å². The molecule has 0 saturated heterocycles. The summed E-state index contributed by atoms with van der Waals surface area (Å²) in [7, 11) is 5.12. The number of methoxy groups -OCH3 is 2. The van der Waals surface area contributed by atoms with E-state index in [0.29, 0.717) is 11.5 Å². The molecule has 2 aromatic rings. The molecule has 0 spiro atoms. The van der Waals surface area contributed by atoms with Gasteiger partial charge in [0.2, 0.25) is 0 Å². The average molecular weight is 218 g/mol. The molecule has 4 heteroatoms. The van der Waals surface area contributed by atoms with E-state index in [4.69, 9.17) is 9.47 Å². The molecule has 16 heavy (non-hydrogen) atoms. The molecule has 1 heterocycles. The van der Waals surface area contributed by atoms with E-state index in [2.05, 4.69) is 10.3 Å². The van der Waals surface area contributed by atoms with Gasteiger partial charge >= 0.3 is 0 Å². The lowest BCUT2D eigenvalue weighted by molar-refractivity contribution is 0.356. The first-order valence-corrected chi connectivity index (χ1v) is 4.98. The van der Waals surface area contributed by atoms with Crippen LogP contribution >= 0.6 is 0 Å². The molecule has 1 aromatic carbocycles. The minimum atomic E-state index is 0.691. The third-order valence-electron chi connectivity index (χ3n) is 2.52. The van der Waals surface area contributed by atoms with Crippen LogP contribution in [0.1, 0.15) is 0 Å². The number of hydrogen-bond acceptors (Lipinski definition) is 4. The Morgan fingerprint density at radius 1 is 1.12 bits per heavy atom. The molecular weight excluding hydrogens is 204 g/mol. The maximum Gasteiger partial charge on any atom is 0.162 e. The van der Waals surface area contributed by atoms with Crippen molar-refractivity contribution >= 4 is 16.6 Å². The molecule has 4 nitrogen and oxygen atoms in total. The van der Waals surface area contributed by atoms with Gasteiger partial charge in [-0.2, -0.15) is 0 Å². The van der Waals surface area contributed by atoms with Crippen molar-refractivity contribution in [2.24, 2.45) is 0 Å². The van der Waals surface area contributed by atoms with Gasteiger partial charge < -0.3 is 14.8 Å². The van der Waals surface area contributed by atoms with Crippen LogP contribution in [0.3, 0.4) is 0 Å². The predicted molar refractivity (Wildman–Crippen MR) is 64.4 cm³/mol. The maximum atomic E-state index is 5.26. The molecule has 0 aliphatic rings. The molecule has 0 atom stereocenters. The maximum absolute atomic E-state index is 5.26. The van der Waals surface area contributed by atoms with Crippen molar-refractivity contribution in [3.63, 3.8) is 0 Å². The van der Waals surface area contributed by atoms with Crippen LogP contribution in [0.15, 0.2) is 24.4 Å². The molecule has 1 N–H and O–H groups in total. The second-order valence-electron chi connectivity index (χ2n) is 3.33. The Labute approximate surface area is 94.2 Å². The molecule has 0 saturated carbocycles. The van der Waals surface area contributed by atoms with E-state index in [-0.39, 0.29) is 0 Å². The predicted octanol–water partition coefficient (Wildman–Crippen LogP) is 2.29. The molecule has 1 aromatic heterocycles. The molecule has 2 rings (SSSR count). The zero-order valence-electron chi connectivity index (χ0n) is 9.57. The standard InChI is InChI=1S/C12H14N2O2/c1-13-9-4-5-14-10-7-12(16-3)11(15-2)6-8(9)10/h4-7H,1-3H3,(H,13,14). The normalized spacial score (nSPS) is 10.2. The van der Waals surface area contributed by atoms with E-state index in [1.165, 1.54) is 0 Å². The molecule has 0 radical (unpaired) electrons. The minimum Gasteiger partial charge on any atom is -0.493 e. The molecule has 0 aliphatic carbocycles. The Morgan fingerprint density at radius 3 is 2.44 bits per heavy atom. The lowest BCUT2D eigenvalue weighted by Crippen LogP contribution is -1.94. The highest BCUT2D eigenvalue weighted by molar-refractivity contribution is 5.93. The van der Waals surface area contributed by atoms with Crippen molar-refractivity contribution in [3.8, 4) is 11.5 Å². The van der Waals surface area contributed by atoms with E-state index < -0.39 is 0 Å². The molecule has 0 bridgehead atoms. The smallest absolute Gasteiger partial charge is 0.162 e. The van der Waals surface area contributed by atoms with Gasteiger partial charge in [0.15, 0.2) is 11.5 Å². The monoisotopic (exact) mass is 218 g/mol. The first kappa shape index (κ1) is 10.5. The highest BCUT2D eigenvalue weighted by Crippen LogP contribution is 2.33. The molecule has 0 amide bonds. The van der Waals surface area contributed by atoms with Gasteiger partial charge in [-0.1, -0.05) is 0 Å². The lowest BCUT2D eigenvalue weighted by atomic mass is 10.1. The Bertz CT molecular complexity index is 512. The fourth-order valence-electron chi connectivity index (χ4n) is 1.69. The van der Waals surface area contributed by atoms with Gasteiger partial charge in [-0.15, -0.1) is 0 Å². The van der Waals surface area contributed by atoms with Crippen molar-refractivity contribution < 1.29 is 9.47 Å². The van der Waals surface area contributed by atoms with Crippen LogP contribution in [-0.2, 0) is 0 Å². The van der Waals surface area contributed by atoms with Crippen LogP contribution in [0.25, 0.3) is 10.9 Å². The number of pyridine rings is 1. The average Bonchev–Trinajstić information content (AvgIpc) is 2.36. The van der Waals surface area contributed by atoms with E-state index in [1.807, 2.05) is 25.2 Å². The number of benzene rings is 1. The lowest BCUT2D eigenvalue weighted by Gasteiger charge is -2.10. The van der Waals surface area contributed by atoms with Gasteiger partial charge in [-0.05, 0) is 12.1 Å². The van der Waals surface area contributed by atoms with Gasteiger partial charge in [0.25, 0.3) is 0 Å². The molecule has 0 fully saturated rings. The number of fused-ring (bicyclic) bond motifs is 1. The number of rotatable bonds is 3. The number of aromatic nitrogens is 1. The summed E-state index contributed by atoms with van der Waals surface area (Å²) in [6.45, 7) is 0. The van der Waals surface area contributed by atoms with E-state index in [1.54, 1.807) is 20.4 Å². The summed E-state index contributed by atoms with van der Waals surface area (Å²) < 4.78 is 10.5. The third-order valence-corrected chi connectivity index (χ3v) is 2.52. The number of nitrogens with zero attached hydrogens (tertiary/aromatic N) is 1. The summed E-state index contributed by atoms with van der Waals surface area (Å²) in [4.78, 5) is 4.30. The summed E-state index contributed by atoms with van der Waals surface area (Å²) in [5, 5.41) is 4.14. The summed E-state index contributed by atoms with van der Waals surface area (Å²) in [6, 6.07) is 5.72. The summed E-state index contributed by atoms with van der Waals surface area (Å²) in [6.07, 6.45) is 1.76. The fraction of sp³-hybridized carbons (Fsp3) is 0.250. The molecular formula is C12H14N2O2. The molecule has 0 unspecified atom stereocenters. The van der Waals surface area contributed by atoms with Crippen molar-refractivity contribution in [3.05, 3.63) is 24.4 Å². The fourth-order valence-corrected chi connectivity index (χ4v) is 1.69. The topological polar surface area (TPSA) is 43.4 Å². The van der Waals surface area contributed by atoms with Gasteiger partial charge in [-0.25, -0.2) is 0 Å². The van der Waals surface area contributed by atoms with E-state index in [0.717, 1.165) is 16.6 Å². The summed E-state index contributed by atoms with van der Waals surface area (Å²) >= 11 is 0. The summed E-state index contributed by atoms with van der Waals surface area (Å²) in [5.74, 6) is 1.40. The van der Waals surface area contributed by atoms with Crippen molar-refractivity contribution in [2.45, 2.75) is 0 Å². The number of anilines is 1. The zero-order valence-corrected chi connectivity index (χ0v) is 9.57. The van der Waals surface area contributed by atoms with Crippen LogP contribution in [-0.4, -0.2) is 26.3 Å². The van der Waals surface area contributed by atoms with E-state index in [9.17, 15) is 0 Å². The Balaban J connectivity index is 2.72. The van der Waals surface area contributed by atoms with Crippen molar-refractivity contribution in [1.29, 1.82) is 0 Å². The largest absolute Gasteiger partial charge is 0.493 e. The van der Waals surface area contributed by atoms with Crippen molar-refractivity contribution in [1.82, 2.24) is 4.98 Å². The molecule has 0 aliphatic heterocycles. The highest BCUT2D eigenvalue weighted by atomic mass is 16.5. The van der Waals surface area contributed by atoms with Gasteiger partial charge in [0, 0.05) is 30.4 Å². The Morgan fingerprint density at radius 2 is 1.81 bits per heavy atom. The quantitative estimate of drug-likeness (QED) is 0.858. The first-order valence-electron chi connectivity index (χ1n) is 4.98. The summed E-state index contributed by atoms with van der Waals surface area (Å²) in [5.41, 5.74) is 1.90. The van der Waals surface area contributed by atoms with Gasteiger partial charge in [0.05, 0.1) is 19.7 Å². The number of ether oxygens (including phenoxy) is 2. The van der Waals surface area contributed by atoms with Crippen LogP contribution in [0.4, 0.5) is 5.69 Å². The third kappa shape index (κ3) is 1.62.